The van der Waals surface area contributed by atoms with Crippen molar-refractivity contribution in [2.45, 2.75) is 32.2 Å². The van der Waals surface area contributed by atoms with E-state index in [1.54, 1.807) is 0 Å². The zero-order valence-electron chi connectivity index (χ0n) is 9.24. The molecular weight excluding hydrogens is 186 g/mol. The van der Waals surface area contributed by atoms with Crippen molar-refractivity contribution >= 4 is 5.82 Å². The monoisotopic (exact) mass is 205 g/mol. The van der Waals surface area contributed by atoms with Gasteiger partial charge in [0.15, 0.2) is 0 Å². The average Bonchev–Trinajstić information content (AvgIpc) is 2.65. The SMILES string of the molecule is Cc1cccc(NC2CCCC2CN)n1. The molecule has 1 aliphatic carbocycles. The lowest BCUT2D eigenvalue weighted by molar-refractivity contribution is 0.515. The fourth-order valence-corrected chi connectivity index (χ4v) is 2.32. The van der Waals surface area contributed by atoms with Crippen LogP contribution in [0.5, 0.6) is 0 Å². The number of pyridine rings is 1. The maximum atomic E-state index is 5.75. The molecule has 3 N–H and O–H groups in total. The highest BCUT2D eigenvalue weighted by Crippen LogP contribution is 2.27. The molecule has 0 aliphatic heterocycles. The summed E-state index contributed by atoms with van der Waals surface area (Å²) in [5.41, 5.74) is 6.81. The second-order valence-corrected chi connectivity index (χ2v) is 4.34. The number of aromatic nitrogens is 1. The quantitative estimate of drug-likeness (QED) is 0.792. The number of aryl methyl sites for hydroxylation is 1. The van der Waals surface area contributed by atoms with Crippen molar-refractivity contribution in [3.05, 3.63) is 23.9 Å². The number of rotatable bonds is 3. The van der Waals surface area contributed by atoms with Gasteiger partial charge in [0.1, 0.15) is 5.82 Å². The van der Waals surface area contributed by atoms with E-state index in [2.05, 4.69) is 10.3 Å². The van der Waals surface area contributed by atoms with E-state index in [9.17, 15) is 0 Å². The Morgan fingerprint density at radius 2 is 2.33 bits per heavy atom. The summed E-state index contributed by atoms with van der Waals surface area (Å²) < 4.78 is 0. The smallest absolute Gasteiger partial charge is 0.126 e. The van der Waals surface area contributed by atoms with Gasteiger partial charge in [0.25, 0.3) is 0 Å². The minimum Gasteiger partial charge on any atom is -0.367 e. The van der Waals surface area contributed by atoms with Gasteiger partial charge in [0, 0.05) is 11.7 Å². The predicted octanol–water partition coefficient (Wildman–Crippen LogP) is 1.93. The van der Waals surface area contributed by atoms with Crippen LogP contribution in [-0.2, 0) is 0 Å². The van der Waals surface area contributed by atoms with Crippen molar-refractivity contribution in [3.63, 3.8) is 0 Å². The molecule has 2 unspecified atom stereocenters. The summed E-state index contributed by atoms with van der Waals surface area (Å²) in [7, 11) is 0. The highest BCUT2D eigenvalue weighted by Gasteiger charge is 2.25. The van der Waals surface area contributed by atoms with Gasteiger partial charge in [-0.25, -0.2) is 4.98 Å². The van der Waals surface area contributed by atoms with E-state index in [0.29, 0.717) is 12.0 Å². The van der Waals surface area contributed by atoms with Gasteiger partial charge in [-0.2, -0.15) is 0 Å². The lowest BCUT2D eigenvalue weighted by Crippen LogP contribution is -2.29. The summed E-state index contributed by atoms with van der Waals surface area (Å²) in [4.78, 5) is 4.45. The lowest BCUT2D eigenvalue weighted by atomic mass is 10.0. The van der Waals surface area contributed by atoms with Crippen molar-refractivity contribution < 1.29 is 0 Å². The fourth-order valence-electron chi connectivity index (χ4n) is 2.32. The molecule has 3 heteroatoms. The number of anilines is 1. The van der Waals surface area contributed by atoms with E-state index in [1.807, 2.05) is 25.1 Å². The summed E-state index contributed by atoms with van der Waals surface area (Å²) in [6.45, 7) is 2.80. The van der Waals surface area contributed by atoms with E-state index in [4.69, 9.17) is 5.73 Å². The molecule has 1 saturated carbocycles. The molecule has 0 bridgehead atoms. The molecule has 15 heavy (non-hydrogen) atoms. The van der Waals surface area contributed by atoms with E-state index in [-0.39, 0.29) is 0 Å². The Hall–Kier alpha value is -1.09. The summed E-state index contributed by atoms with van der Waals surface area (Å²) in [6, 6.07) is 6.60. The number of nitrogens with two attached hydrogens (primary N) is 1. The molecule has 0 spiro atoms. The molecule has 0 radical (unpaired) electrons. The molecule has 0 saturated heterocycles. The molecule has 2 rings (SSSR count). The highest BCUT2D eigenvalue weighted by atomic mass is 15.0. The molecule has 0 amide bonds. The third-order valence-corrected chi connectivity index (χ3v) is 3.18. The topological polar surface area (TPSA) is 50.9 Å². The maximum Gasteiger partial charge on any atom is 0.126 e. The standard InChI is InChI=1S/C12H19N3/c1-9-4-2-7-12(14-9)15-11-6-3-5-10(11)8-13/h2,4,7,10-11H,3,5-6,8,13H2,1H3,(H,14,15). The maximum absolute atomic E-state index is 5.75. The third kappa shape index (κ3) is 2.48. The van der Waals surface area contributed by atoms with Crippen LogP contribution in [0.4, 0.5) is 5.82 Å². The Kier molecular flexibility index (Phi) is 3.21. The first-order valence-electron chi connectivity index (χ1n) is 5.70. The summed E-state index contributed by atoms with van der Waals surface area (Å²) in [5.74, 6) is 1.60. The largest absolute Gasteiger partial charge is 0.367 e. The first kappa shape index (κ1) is 10.4. The second kappa shape index (κ2) is 4.62. The molecule has 1 fully saturated rings. The van der Waals surface area contributed by atoms with Gasteiger partial charge < -0.3 is 11.1 Å². The molecule has 1 aromatic heterocycles. The van der Waals surface area contributed by atoms with Gasteiger partial charge in [-0.15, -0.1) is 0 Å². The van der Waals surface area contributed by atoms with Gasteiger partial charge in [-0.3, -0.25) is 0 Å². The molecule has 3 nitrogen and oxygen atoms in total. The van der Waals surface area contributed by atoms with Gasteiger partial charge in [0.2, 0.25) is 0 Å². The van der Waals surface area contributed by atoms with Crippen molar-refractivity contribution in [3.8, 4) is 0 Å². The molecule has 1 aromatic rings. The third-order valence-electron chi connectivity index (χ3n) is 3.18. The summed E-state index contributed by atoms with van der Waals surface area (Å²) in [6.07, 6.45) is 3.75. The first-order chi connectivity index (χ1) is 7.29. The number of hydrogen-bond donors (Lipinski definition) is 2. The predicted molar refractivity (Wildman–Crippen MR) is 62.8 cm³/mol. The van der Waals surface area contributed by atoms with Crippen molar-refractivity contribution in [2.24, 2.45) is 11.7 Å². The number of hydrogen-bond acceptors (Lipinski definition) is 3. The Bertz CT molecular complexity index is 324. The number of nitrogens with one attached hydrogen (secondary N) is 1. The van der Waals surface area contributed by atoms with Crippen LogP contribution in [0, 0.1) is 12.8 Å². The van der Waals surface area contributed by atoms with Crippen LogP contribution >= 0.6 is 0 Å². The van der Waals surface area contributed by atoms with Gasteiger partial charge >= 0.3 is 0 Å². The minimum atomic E-state index is 0.518. The van der Waals surface area contributed by atoms with Crippen LogP contribution in [0.2, 0.25) is 0 Å². The second-order valence-electron chi connectivity index (χ2n) is 4.34. The van der Waals surface area contributed by atoms with Crippen molar-refractivity contribution in [1.29, 1.82) is 0 Å². The van der Waals surface area contributed by atoms with Crippen LogP contribution in [0.1, 0.15) is 25.0 Å². The van der Waals surface area contributed by atoms with Gasteiger partial charge in [-0.1, -0.05) is 12.5 Å². The minimum absolute atomic E-state index is 0.518. The molecule has 1 heterocycles. The lowest BCUT2D eigenvalue weighted by Gasteiger charge is -2.20. The Morgan fingerprint density at radius 1 is 1.47 bits per heavy atom. The average molecular weight is 205 g/mol. The summed E-state index contributed by atoms with van der Waals surface area (Å²) >= 11 is 0. The molecule has 2 atom stereocenters. The van der Waals surface area contributed by atoms with E-state index < -0.39 is 0 Å². The van der Waals surface area contributed by atoms with Crippen LogP contribution < -0.4 is 11.1 Å². The molecular formula is C12H19N3. The summed E-state index contributed by atoms with van der Waals surface area (Å²) in [5, 5.41) is 3.49. The van der Waals surface area contributed by atoms with Gasteiger partial charge in [0.05, 0.1) is 0 Å². The van der Waals surface area contributed by atoms with Gasteiger partial charge in [-0.05, 0) is 44.4 Å². The fraction of sp³-hybridized carbons (Fsp3) is 0.583. The number of nitrogens with zero attached hydrogens (tertiary/aromatic N) is 1. The van der Waals surface area contributed by atoms with Crippen LogP contribution in [0.25, 0.3) is 0 Å². The van der Waals surface area contributed by atoms with Crippen molar-refractivity contribution in [2.75, 3.05) is 11.9 Å². The highest BCUT2D eigenvalue weighted by molar-refractivity contribution is 5.36. The normalized spacial score (nSPS) is 25.5. The molecule has 0 aromatic carbocycles. The Balaban J connectivity index is 2.02. The molecule has 1 aliphatic rings. The zero-order valence-corrected chi connectivity index (χ0v) is 9.24. The van der Waals surface area contributed by atoms with Crippen LogP contribution in [0.3, 0.4) is 0 Å². The van der Waals surface area contributed by atoms with E-state index in [1.165, 1.54) is 19.3 Å². The van der Waals surface area contributed by atoms with E-state index >= 15 is 0 Å². The Morgan fingerprint density at radius 3 is 3.07 bits per heavy atom. The molecule has 82 valence electrons. The van der Waals surface area contributed by atoms with Crippen LogP contribution in [-0.4, -0.2) is 17.6 Å². The first-order valence-corrected chi connectivity index (χ1v) is 5.70. The van der Waals surface area contributed by atoms with E-state index in [0.717, 1.165) is 18.1 Å². The zero-order chi connectivity index (χ0) is 10.7. The van der Waals surface area contributed by atoms with Crippen LogP contribution in [0.15, 0.2) is 18.2 Å². The Labute approximate surface area is 91.1 Å². The van der Waals surface area contributed by atoms with Crippen molar-refractivity contribution in [1.82, 2.24) is 4.98 Å².